The highest BCUT2D eigenvalue weighted by atomic mass is 15.2. The van der Waals surface area contributed by atoms with Gasteiger partial charge >= 0.3 is 0 Å². The lowest BCUT2D eigenvalue weighted by atomic mass is 9.93. The van der Waals surface area contributed by atoms with Crippen LogP contribution in [0.15, 0.2) is 36.8 Å². The predicted octanol–water partition coefficient (Wildman–Crippen LogP) is 3.06. The first kappa shape index (κ1) is 12.1. The summed E-state index contributed by atoms with van der Waals surface area (Å²) in [6, 6.07) is 6.35. The van der Waals surface area contributed by atoms with Crippen molar-refractivity contribution in [2.75, 3.05) is 10.6 Å². The summed E-state index contributed by atoms with van der Waals surface area (Å²) in [5, 5.41) is 7.72. The number of H-pyrrole nitrogens is 1. The largest absolute Gasteiger partial charge is 0.367 e. The molecule has 21 heavy (non-hydrogen) atoms. The number of aromatic nitrogens is 4. The molecule has 3 heterocycles. The van der Waals surface area contributed by atoms with Crippen molar-refractivity contribution >= 4 is 28.5 Å². The lowest BCUT2D eigenvalue weighted by Crippen LogP contribution is -2.27. The van der Waals surface area contributed by atoms with E-state index in [1.165, 1.54) is 19.3 Å². The van der Waals surface area contributed by atoms with Crippen LogP contribution in [0.2, 0.25) is 0 Å². The molecule has 3 aromatic heterocycles. The molecular weight excluding hydrogens is 264 g/mol. The summed E-state index contributed by atoms with van der Waals surface area (Å²) >= 11 is 0. The van der Waals surface area contributed by atoms with Gasteiger partial charge in [-0.25, -0.2) is 0 Å². The van der Waals surface area contributed by atoms with Gasteiger partial charge in [-0.15, -0.1) is 0 Å². The van der Waals surface area contributed by atoms with Gasteiger partial charge in [0.2, 0.25) is 5.95 Å². The molecule has 1 aliphatic carbocycles. The van der Waals surface area contributed by atoms with Crippen molar-refractivity contribution in [1.29, 1.82) is 0 Å². The van der Waals surface area contributed by atoms with Crippen LogP contribution in [0.3, 0.4) is 0 Å². The molecule has 6 nitrogen and oxygen atoms in total. The van der Waals surface area contributed by atoms with Gasteiger partial charge in [0.05, 0.1) is 17.3 Å². The Labute approximate surface area is 122 Å². The summed E-state index contributed by atoms with van der Waals surface area (Å²) in [4.78, 5) is 16.3. The second kappa shape index (κ2) is 5.05. The van der Waals surface area contributed by atoms with Crippen molar-refractivity contribution < 1.29 is 0 Å². The molecule has 0 aliphatic heterocycles. The second-order valence-corrected chi connectivity index (χ2v) is 5.27. The first-order chi connectivity index (χ1) is 10.4. The van der Waals surface area contributed by atoms with Gasteiger partial charge in [-0.05, 0) is 37.5 Å². The molecule has 6 heteroatoms. The first-order valence-corrected chi connectivity index (χ1v) is 7.17. The van der Waals surface area contributed by atoms with Gasteiger partial charge in [0.1, 0.15) is 11.5 Å². The third kappa shape index (κ3) is 2.40. The van der Waals surface area contributed by atoms with E-state index in [0.717, 1.165) is 22.5 Å². The average Bonchev–Trinajstić information content (AvgIpc) is 2.92. The maximum Gasteiger partial charge on any atom is 0.231 e. The van der Waals surface area contributed by atoms with E-state index in [1.54, 1.807) is 12.4 Å². The fraction of sp³-hybridized carbons (Fsp3) is 0.267. The minimum atomic E-state index is 0.532. The summed E-state index contributed by atoms with van der Waals surface area (Å²) in [5.41, 5.74) is 1.70. The van der Waals surface area contributed by atoms with Crippen molar-refractivity contribution in [3.63, 3.8) is 0 Å². The number of rotatable bonds is 4. The number of hydrogen-bond donors (Lipinski definition) is 3. The van der Waals surface area contributed by atoms with Gasteiger partial charge in [0.15, 0.2) is 0 Å². The Bertz CT molecular complexity index is 747. The number of nitrogens with one attached hydrogen (secondary N) is 3. The summed E-state index contributed by atoms with van der Waals surface area (Å²) in [6.07, 6.45) is 9.09. The Kier molecular flexibility index (Phi) is 2.92. The van der Waals surface area contributed by atoms with Crippen LogP contribution >= 0.6 is 0 Å². The molecule has 0 unspecified atom stereocenters. The number of fused-ring (bicyclic) bond motifs is 1. The summed E-state index contributed by atoms with van der Waals surface area (Å²) in [5.74, 6) is 1.46. The van der Waals surface area contributed by atoms with Crippen molar-refractivity contribution in [2.24, 2.45) is 0 Å². The topological polar surface area (TPSA) is 78.5 Å². The van der Waals surface area contributed by atoms with E-state index < -0.39 is 0 Å². The number of nitrogens with zero attached hydrogens (tertiary/aromatic N) is 3. The Hall–Kier alpha value is -2.63. The van der Waals surface area contributed by atoms with Crippen molar-refractivity contribution in [1.82, 2.24) is 19.9 Å². The van der Waals surface area contributed by atoms with Gasteiger partial charge in [0, 0.05) is 18.4 Å². The van der Waals surface area contributed by atoms with E-state index in [1.807, 2.05) is 24.4 Å². The quantitative estimate of drug-likeness (QED) is 0.684. The summed E-state index contributed by atoms with van der Waals surface area (Å²) in [6.45, 7) is 0. The van der Waals surface area contributed by atoms with E-state index in [0.29, 0.717) is 12.0 Å². The molecule has 0 amide bonds. The van der Waals surface area contributed by atoms with Crippen LogP contribution in [0.5, 0.6) is 0 Å². The van der Waals surface area contributed by atoms with Crippen LogP contribution in [-0.2, 0) is 0 Å². The highest BCUT2D eigenvalue weighted by Crippen LogP contribution is 2.27. The standard InChI is InChI=1S/C15H16N6/c1-3-10(4-1)18-14-12-6-8-17-13(12)20-15(21-14)19-11-5-2-7-16-9-11/h2,5-10H,1,3-4H2,(H3,17,18,19,20,21). The molecule has 0 atom stereocenters. The van der Waals surface area contributed by atoms with Crippen LogP contribution in [0.25, 0.3) is 11.0 Å². The van der Waals surface area contributed by atoms with Gasteiger partial charge in [0.25, 0.3) is 0 Å². The Balaban J connectivity index is 1.68. The predicted molar refractivity (Wildman–Crippen MR) is 82.7 cm³/mol. The zero-order valence-electron chi connectivity index (χ0n) is 11.5. The maximum absolute atomic E-state index is 4.61. The molecule has 1 saturated carbocycles. The Morgan fingerprint density at radius 3 is 2.90 bits per heavy atom. The molecule has 106 valence electrons. The fourth-order valence-electron chi connectivity index (χ4n) is 2.42. The normalized spacial score (nSPS) is 14.9. The zero-order valence-corrected chi connectivity index (χ0v) is 11.5. The molecule has 4 rings (SSSR count). The van der Waals surface area contributed by atoms with E-state index in [9.17, 15) is 0 Å². The lowest BCUT2D eigenvalue weighted by molar-refractivity contribution is 0.445. The van der Waals surface area contributed by atoms with E-state index >= 15 is 0 Å². The Morgan fingerprint density at radius 2 is 2.14 bits per heavy atom. The molecular formula is C15H16N6. The number of anilines is 3. The van der Waals surface area contributed by atoms with Crippen LogP contribution in [0.1, 0.15) is 19.3 Å². The minimum Gasteiger partial charge on any atom is -0.367 e. The van der Waals surface area contributed by atoms with Crippen molar-refractivity contribution in [3.8, 4) is 0 Å². The van der Waals surface area contributed by atoms with Crippen LogP contribution in [0, 0.1) is 0 Å². The molecule has 3 N–H and O–H groups in total. The molecule has 0 spiro atoms. The maximum atomic E-state index is 4.61. The van der Waals surface area contributed by atoms with Crippen molar-refractivity contribution in [2.45, 2.75) is 25.3 Å². The zero-order chi connectivity index (χ0) is 14.1. The van der Waals surface area contributed by atoms with Gasteiger partial charge in [-0.2, -0.15) is 9.97 Å². The van der Waals surface area contributed by atoms with Crippen LogP contribution < -0.4 is 10.6 Å². The molecule has 3 aromatic rings. The molecule has 0 bridgehead atoms. The smallest absolute Gasteiger partial charge is 0.231 e. The molecule has 0 saturated heterocycles. The molecule has 1 fully saturated rings. The minimum absolute atomic E-state index is 0.532. The van der Waals surface area contributed by atoms with E-state index in [4.69, 9.17) is 0 Å². The molecule has 0 radical (unpaired) electrons. The number of pyridine rings is 1. The average molecular weight is 280 g/mol. The third-order valence-electron chi connectivity index (χ3n) is 3.78. The fourth-order valence-corrected chi connectivity index (χ4v) is 2.42. The van der Waals surface area contributed by atoms with Crippen LogP contribution in [-0.4, -0.2) is 26.0 Å². The number of aromatic amines is 1. The van der Waals surface area contributed by atoms with E-state index in [2.05, 4.69) is 30.6 Å². The van der Waals surface area contributed by atoms with Gasteiger partial charge < -0.3 is 15.6 Å². The highest BCUT2D eigenvalue weighted by molar-refractivity contribution is 5.88. The summed E-state index contributed by atoms with van der Waals surface area (Å²) < 4.78 is 0. The third-order valence-corrected chi connectivity index (χ3v) is 3.78. The monoisotopic (exact) mass is 280 g/mol. The highest BCUT2D eigenvalue weighted by Gasteiger charge is 2.19. The Morgan fingerprint density at radius 1 is 1.19 bits per heavy atom. The van der Waals surface area contributed by atoms with Gasteiger partial charge in [-0.3, -0.25) is 4.98 Å². The first-order valence-electron chi connectivity index (χ1n) is 7.17. The van der Waals surface area contributed by atoms with Gasteiger partial charge in [-0.1, -0.05) is 0 Å². The summed E-state index contributed by atoms with van der Waals surface area (Å²) in [7, 11) is 0. The van der Waals surface area contributed by atoms with Crippen molar-refractivity contribution in [3.05, 3.63) is 36.8 Å². The molecule has 1 aliphatic rings. The number of hydrogen-bond acceptors (Lipinski definition) is 5. The second-order valence-electron chi connectivity index (χ2n) is 5.27. The molecule has 0 aromatic carbocycles. The van der Waals surface area contributed by atoms with Crippen LogP contribution in [0.4, 0.5) is 17.5 Å². The SMILES string of the molecule is c1cncc(Nc2nc(NC3CCC3)c3cc[nH]c3n2)c1. The van der Waals surface area contributed by atoms with E-state index in [-0.39, 0.29) is 0 Å². The lowest BCUT2D eigenvalue weighted by Gasteiger charge is -2.27.